The average Bonchev–Trinajstić information content (AvgIpc) is 2.45. The Morgan fingerprint density at radius 1 is 1.28 bits per heavy atom. The largest absolute Gasteiger partial charge is 0.480 e. The molecule has 5 N–H and O–H groups in total. The third kappa shape index (κ3) is 6.89. The smallest absolute Gasteiger partial charge is 0.408 e. The van der Waals surface area contributed by atoms with Gasteiger partial charge >= 0.3 is 18.0 Å². The predicted molar refractivity (Wildman–Crippen MR) is 83.9 cm³/mol. The molecule has 138 valence electrons. The second-order valence-corrected chi connectivity index (χ2v) is 6.00. The monoisotopic (exact) mass is 356 g/mol. The van der Waals surface area contributed by atoms with E-state index in [4.69, 9.17) is 15.2 Å². The molecule has 1 aromatic rings. The molecule has 0 saturated heterocycles. The summed E-state index contributed by atoms with van der Waals surface area (Å²) in [5, 5.41) is 20.5. The molecule has 0 aromatic carbocycles. The van der Waals surface area contributed by atoms with Crippen molar-refractivity contribution in [2.45, 2.75) is 44.9 Å². The number of carboxylic acid groups (broad SMARTS) is 2. The second-order valence-electron chi connectivity index (χ2n) is 6.00. The number of carbonyl (C=O) groups is 3. The Labute approximate surface area is 143 Å². The third-order valence-electron chi connectivity index (χ3n) is 2.67. The van der Waals surface area contributed by atoms with Crippen molar-refractivity contribution in [2.24, 2.45) is 0 Å². The number of hydrogen-bond acceptors (Lipinski definition) is 8. The van der Waals surface area contributed by atoms with Crippen LogP contribution in [0.3, 0.4) is 0 Å². The van der Waals surface area contributed by atoms with Gasteiger partial charge in [0.25, 0.3) is 0 Å². The summed E-state index contributed by atoms with van der Waals surface area (Å²) in [6.07, 6.45) is -0.890. The van der Waals surface area contributed by atoms with E-state index in [2.05, 4.69) is 15.3 Å². The molecule has 0 bridgehead atoms. The Balaban J connectivity index is 2.85. The van der Waals surface area contributed by atoms with Crippen LogP contribution in [0, 0.1) is 0 Å². The Kier molecular flexibility index (Phi) is 6.48. The molecule has 1 unspecified atom stereocenters. The maximum atomic E-state index is 11.7. The Morgan fingerprint density at radius 3 is 2.40 bits per heavy atom. The van der Waals surface area contributed by atoms with Crippen LogP contribution < -0.4 is 15.8 Å². The molecule has 0 radical (unpaired) electrons. The molecule has 0 aliphatic carbocycles. The first-order valence-electron chi connectivity index (χ1n) is 7.17. The molecule has 0 aliphatic heterocycles. The summed E-state index contributed by atoms with van der Waals surface area (Å²) in [4.78, 5) is 41.7. The van der Waals surface area contributed by atoms with Crippen molar-refractivity contribution in [2.75, 3.05) is 5.73 Å². The van der Waals surface area contributed by atoms with E-state index >= 15 is 0 Å². The van der Waals surface area contributed by atoms with Crippen LogP contribution >= 0.6 is 0 Å². The van der Waals surface area contributed by atoms with E-state index in [0.717, 1.165) is 6.33 Å². The lowest BCUT2D eigenvalue weighted by Crippen LogP contribution is -2.47. The zero-order valence-corrected chi connectivity index (χ0v) is 13.9. The summed E-state index contributed by atoms with van der Waals surface area (Å²) in [6, 6.07) is -1.56. The molecular formula is C14H20N4O7. The zero-order chi connectivity index (χ0) is 19.2. The minimum absolute atomic E-state index is 0.0132. The van der Waals surface area contributed by atoms with E-state index in [1.165, 1.54) is 6.20 Å². The highest BCUT2D eigenvalue weighted by molar-refractivity contribution is 5.81. The molecule has 0 saturated carbocycles. The van der Waals surface area contributed by atoms with Gasteiger partial charge in [0, 0.05) is 6.42 Å². The lowest BCUT2D eigenvalue weighted by Gasteiger charge is -2.23. The molecule has 1 aromatic heterocycles. The van der Waals surface area contributed by atoms with E-state index in [9.17, 15) is 24.6 Å². The van der Waals surface area contributed by atoms with E-state index in [1.807, 2.05) is 0 Å². The SMILES string of the molecule is CC(C)(C)OC(=O)N[C@@H](CC(Oc1ncncc1N)C(=O)O)C(=O)O. The van der Waals surface area contributed by atoms with Gasteiger partial charge in [0.2, 0.25) is 5.88 Å². The number of anilines is 1. The Hall–Kier alpha value is -3.11. The molecule has 0 spiro atoms. The minimum Gasteiger partial charge on any atom is -0.480 e. The van der Waals surface area contributed by atoms with Crippen molar-refractivity contribution in [3.63, 3.8) is 0 Å². The molecule has 0 fully saturated rings. The summed E-state index contributed by atoms with van der Waals surface area (Å²) in [5.74, 6) is -3.10. The van der Waals surface area contributed by atoms with Gasteiger partial charge < -0.3 is 30.7 Å². The number of nitrogens with zero attached hydrogens (tertiary/aromatic N) is 2. The standard InChI is InChI=1S/C14H20N4O7/c1-14(2,3)25-13(23)18-8(11(19)20)4-9(12(21)22)24-10-7(15)5-16-6-17-10/h5-6,8-9H,4,15H2,1-3H3,(H,18,23)(H,19,20)(H,21,22)/t8-,9?/m0/s1. The van der Waals surface area contributed by atoms with Gasteiger partial charge in [-0.3, -0.25) is 0 Å². The van der Waals surface area contributed by atoms with Crippen LogP contribution in [-0.2, 0) is 14.3 Å². The van der Waals surface area contributed by atoms with Crippen LogP contribution in [0.15, 0.2) is 12.5 Å². The predicted octanol–water partition coefficient (Wildman–Crippen LogP) is 0.259. The number of nitrogens with one attached hydrogen (secondary N) is 1. The number of aromatic nitrogens is 2. The molecule has 11 heteroatoms. The highest BCUT2D eigenvalue weighted by Gasteiger charge is 2.31. The number of alkyl carbamates (subject to hydrolysis) is 1. The number of aliphatic carboxylic acids is 2. The molecular weight excluding hydrogens is 336 g/mol. The first-order chi connectivity index (χ1) is 11.5. The summed E-state index contributed by atoms with van der Waals surface area (Å²) in [7, 11) is 0. The fourth-order valence-corrected chi connectivity index (χ4v) is 1.65. The highest BCUT2D eigenvalue weighted by atomic mass is 16.6. The first kappa shape index (κ1) is 19.9. The van der Waals surface area contributed by atoms with E-state index in [0.29, 0.717) is 0 Å². The van der Waals surface area contributed by atoms with Gasteiger partial charge in [-0.15, -0.1) is 0 Å². The van der Waals surface area contributed by atoms with E-state index in [-0.39, 0.29) is 11.6 Å². The molecule has 2 atom stereocenters. The van der Waals surface area contributed by atoms with Crippen molar-refractivity contribution in [3.8, 4) is 5.88 Å². The van der Waals surface area contributed by atoms with Crippen LogP contribution in [0.25, 0.3) is 0 Å². The average molecular weight is 356 g/mol. The maximum Gasteiger partial charge on any atom is 0.408 e. The van der Waals surface area contributed by atoms with Gasteiger partial charge in [-0.05, 0) is 20.8 Å². The number of hydrogen-bond donors (Lipinski definition) is 4. The van der Waals surface area contributed by atoms with Gasteiger partial charge in [0.05, 0.1) is 6.20 Å². The topological polar surface area (TPSA) is 174 Å². The summed E-state index contributed by atoms with van der Waals surface area (Å²) in [6.45, 7) is 4.80. The maximum absolute atomic E-state index is 11.7. The van der Waals surface area contributed by atoms with Gasteiger partial charge in [-0.25, -0.2) is 19.4 Å². The number of carboxylic acids is 2. The van der Waals surface area contributed by atoms with Crippen molar-refractivity contribution in [3.05, 3.63) is 12.5 Å². The van der Waals surface area contributed by atoms with Gasteiger partial charge in [-0.2, -0.15) is 4.98 Å². The fraction of sp³-hybridized carbons (Fsp3) is 0.500. The van der Waals surface area contributed by atoms with Crippen molar-refractivity contribution >= 4 is 23.7 Å². The minimum atomic E-state index is -1.62. The Morgan fingerprint density at radius 2 is 1.92 bits per heavy atom. The number of nitrogens with two attached hydrogens (primary N) is 1. The van der Waals surface area contributed by atoms with E-state index < -0.39 is 42.2 Å². The molecule has 25 heavy (non-hydrogen) atoms. The number of ether oxygens (including phenoxy) is 2. The van der Waals surface area contributed by atoms with E-state index in [1.54, 1.807) is 20.8 Å². The van der Waals surface area contributed by atoms with Crippen molar-refractivity contribution in [1.29, 1.82) is 0 Å². The van der Waals surface area contributed by atoms with Crippen LogP contribution in [0.1, 0.15) is 27.2 Å². The first-order valence-corrected chi connectivity index (χ1v) is 7.17. The fourth-order valence-electron chi connectivity index (χ4n) is 1.65. The highest BCUT2D eigenvalue weighted by Crippen LogP contribution is 2.18. The molecule has 1 rings (SSSR count). The lowest BCUT2D eigenvalue weighted by atomic mass is 10.1. The number of nitrogen functional groups attached to an aromatic ring is 1. The number of amides is 1. The zero-order valence-electron chi connectivity index (χ0n) is 13.9. The molecule has 1 heterocycles. The van der Waals surface area contributed by atoms with Gasteiger partial charge in [0.15, 0.2) is 6.10 Å². The summed E-state index contributed by atoms with van der Waals surface area (Å²) >= 11 is 0. The Bertz CT molecular complexity index is 644. The van der Waals surface area contributed by atoms with Crippen molar-refractivity contribution in [1.82, 2.24) is 15.3 Å². The second kappa shape index (κ2) is 8.13. The molecule has 0 aliphatic rings. The van der Waals surface area contributed by atoms with Gasteiger partial charge in [0.1, 0.15) is 23.7 Å². The van der Waals surface area contributed by atoms with Crippen LogP contribution in [-0.4, -0.2) is 56.0 Å². The van der Waals surface area contributed by atoms with Crippen LogP contribution in [0.4, 0.5) is 10.5 Å². The number of rotatable bonds is 7. The van der Waals surface area contributed by atoms with Crippen LogP contribution in [0.5, 0.6) is 5.88 Å². The quantitative estimate of drug-likeness (QED) is 0.530. The summed E-state index contributed by atoms with van der Waals surface area (Å²) < 4.78 is 10.1. The van der Waals surface area contributed by atoms with Crippen LogP contribution in [0.2, 0.25) is 0 Å². The van der Waals surface area contributed by atoms with Gasteiger partial charge in [-0.1, -0.05) is 0 Å². The molecule has 1 amide bonds. The van der Waals surface area contributed by atoms with Crippen molar-refractivity contribution < 1.29 is 34.1 Å². The lowest BCUT2D eigenvalue weighted by molar-refractivity contribution is -0.147. The molecule has 11 nitrogen and oxygen atoms in total. The number of carbonyl (C=O) groups excluding carboxylic acids is 1. The third-order valence-corrected chi connectivity index (χ3v) is 2.67. The normalized spacial score (nSPS) is 13.4. The summed E-state index contributed by atoms with van der Waals surface area (Å²) in [5.41, 5.74) is 4.71.